The normalized spacial score (nSPS) is 10.2. The highest BCUT2D eigenvalue weighted by molar-refractivity contribution is 6.30. The molecule has 2 N–H and O–H groups in total. The van der Waals surface area contributed by atoms with E-state index in [1.807, 2.05) is 32.0 Å². The van der Waals surface area contributed by atoms with Gasteiger partial charge in [-0.3, -0.25) is 0 Å². The second kappa shape index (κ2) is 5.23. The van der Waals surface area contributed by atoms with Crippen molar-refractivity contribution in [2.45, 2.75) is 13.8 Å². The minimum atomic E-state index is 0.586. The highest BCUT2D eigenvalue weighted by Gasteiger charge is 2.05. The van der Waals surface area contributed by atoms with Crippen LogP contribution in [0.3, 0.4) is 0 Å². The molecule has 0 saturated carbocycles. The molecule has 1 aromatic heterocycles. The Kier molecular flexibility index (Phi) is 3.67. The van der Waals surface area contributed by atoms with Crippen LogP contribution in [0.15, 0.2) is 24.4 Å². The largest absolute Gasteiger partial charge is 0.357 e. The lowest BCUT2D eigenvalue weighted by molar-refractivity contribution is 1.12. The predicted octanol–water partition coefficient (Wildman–Crippen LogP) is 3.53. The van der Waals surface area contributed by atoms with Gasteiger partial charge in [0.1, 0.15) is 5.82 Å². The minimum Gasteiger partial charge on any atom is -0.357 e. The summed E-state index contributed by atoms with van der Waals surface area (Å²) in [5.41, 5.74) is 3.04. The minimum absolute atomic E-state index is 0.586. The lowest BCUT2D eigenvalue weighted by Crippen LogP contribution is -2.03. The van der Waals surface area contributed by atoms with E-state index in [1.165, 1.54) is 0 Å². The number of aromatic nitrogens is 2. The molecule has 0 spiro atoms. The lowest BCUT2D eigenvalue weighted by atomic mass is 10.2. The van der Waals surface area contributed by atoms with Gasteiger partial charge >= 0.3 is 0 Å². The topological polar surface area (TPSA) is 49.8 Å². The van der Waals surface area contributed by atoms with Crippen LogP contribution in [0, 0.1) is 13.8 Å². The molecule has 18 heavy (non-hydrogen) atoms. The van der Waals surface area contributed by atoms with Crippen LogP contribution in [0.4, 0.5) is 17.5 Å². The maximum atomic E-state index is 6.00. The van der Waals surface area contributed by atoms with Crippen LogP contribution in [0.5, 0.6) is 0 Å². The summed E-state index contributed by atoms with van der Waals surface area (Å²) in [5.74, 6) is 1.36. The molecular weight excluding hydrogens is 248 g/mol. The summed E-state index contributed by atoms with van der Waals surface area (Å²) >= 11 is 6.00. The molecule has 0 amide bonds. The van der Waals surface area contributed by atoms with Gasteiger partial charge in [-0.15, -0.1) is 0 Å². The number of nitrogens with one attached hydrogen (secondary N) is 2. The average molecular weight is 263 g/mol. The van der Waals surface area contributed by atoms with Gasteiger partial charge in [-0.05, 0) is 31.5 Å². The Morgan fingerprint density at radius 1 is 1.17 bits per heavy atom. The number of hydrogen-bond acceptors (Lipinski definition) is 4. The average Bonchev–Trinajstić information content (AvgIpc) is 2.36. The van der Waals surface area contributed by atoms with Gasteiger partial charge in [-0.1, -0.05) is 17.7 Å². The molecule has 0 atom stereocenters. The van der Waals surface area contributed by atoms with Crippen molar-refractivity contribution in [2.75, 3.05) is 17.7 Å². The van der Waals surface area contributed by atoms with E-state index in [4.69, 9.17) is 11.6 Å². The molecule has 0 unspecified atom stereocenters. The number of benzene rings is 1. The van der Waals surface area contributed by atoms with E-state index in [-0.39, 0.29) is 0 Å². The van der Waals surface area contributed by atoms with Crippen LogP contribution in [0.2, 0.25) is 5.02 Å². The zero-order valence-electron chi connectivity index (χ0n) is 10.6. The Labute approximate surface area is 111 Å². The summed E-state index contributed by atoms with van der Waals surface area (Å²) < 4.78 is 0. The first-order chi connectivity index (χ1) is 8.60. The van der Waals surface area contributed by atoms with Gasteiger partial charge in [0.05, 0.1) is 0 Å². The molecule has 94 valence electrons. The number of aryl methyl sites for hydroxylation is 2. The Morgan fingerprint density at radius 3 is 2.67 bits per heavy atom. The van der Waals surface area contributed by atoms with Gasteiger partial charge in [0.2, 0.25) is 5.95 Å². The first kappa shape index (κ1) is 12.6. The van der Waals surface area contributed by atoms with E-state index in [2.05, 4.69) is 20.6 Å². The van der Waals surface area contributed by atoms with Crippen LogP contribution in [-0.2, 0) is 0 Å². The molecule has 0 aliphatic rings. The second-order valence-electron chi connectivity index (χ2n) is 4.06. The quantitative estimate of drug-likeness (QED) is 0.888. The summed E-state index contributed by atoms with van der Waals surface area (Å²) in [7, 11) is 1.79. The van der Waals surface area contributed by atoms with E-state index >= 15 is 0 Å². The van der Waals surface area contributed by atoms with Crippen LogP contribution in [0.1, 0.15) is 11.1 Å². The van der Waals surface area contributed by atoms with E-state index in [0.717, 1.165) is 22.6 Å². The third-order valence-corrected chi connectivity index (χ3v) is 2.88. The first-order valence-corrected chi connectivity index (χ1v) is 6.02. The Balaban J connectivity index is 2.36. The molecule has 0 bridgehead atoms. The predicted molar refractivity (Wildman–Crippen MR) is 75.8 cm³/mol. The summed E-state index contributed by atoms with van der Waals surface area (Å²) in [6.45, 7) is 3.98. The molecule has 1 aromatic carbocycles. The second-order valence-corrected chi connectivity index (χ2v) is 4.50. The molecule has 0 radical (unpaired) electrons. The number of anilines is 3. The lowest BCUT2D eigenvalue weighted by Gasteiger charge is -2.12. The van der Waals surface area contributed by atoms with Gasteiger partial charge < -0.3 is 10.6 Å². The third kappa shape index (κ3) is 2.71. The monoisotopic (exact) mass is 262 g/mol. The molecule has 1 heterocycles. The van der Waals surface area contributed by atoms with Crippen molar-refractivity contribution >= 4 is 29.1 Å². The van der Waals surface area contributed by atoms with E-state index in [0.29, 0.717) is 11.0 Å². The van der Waals surface area contributed by atoms with Crippen molar-refractivity contribution in [1.29, 1.82) is 0 Å². The molecule has 2 rings (SSSR count). The van der Waals surface area contributed by atoms with Crippen molar-refractivity contribution in [3.63, 3.8) is 0 Å². The zero-order valence-corrected chi connectivity index (χ0v) is 11.3. The fourth-order valence-electron chi connectivity index (χ4n) is 1.55. The van der Waals surface area contributed by atoms with Gasteiger partial charge in [-0.2, -0.15) is 4.98 Å². The number of hydrogen-bond donors (Lipinski definition) is 2. The van der Waals surface area contributed by atoms with Crippen LogP contribution < -0.4 is 10.6 Å². The number of halogens is 1. The van der Waals surface area contributed by atoms with Crippen LogP contribution in [-0.4, -0.2) is 17.0 Å². The van der Waals surface area contributed by atoms with Crippen molar-refractivity contribution < 1.29 is 0 Å². The first-order valence-electron chi connectivity index (χ1n) is 5.64. The van der Waals surface area contributed by atoms with Crippen molar-refractivity contribution in [3.8, 4) is 0 Å². The molecular formula is C13H15ClN4. The molecule has 2 aromatic rings. The maximum absolute atomic E-state index is 6.00. The van der Waals surface area contributed by atoms with E-state index in [1.54, 1.807) is 13.2 Å². The van der Waals surface area contributed by atoms with Crippen molar-refractivity contribution in [2.24, 2.45) is 0 Å². The van der Waals surface area contributed by atoms with Gasteiger partial charge in [-0.25, -0.2) is 4.98 Å². The molecule has 0 fully saturated rings. The fourth-order valence-corrected chi connectivity index (χ4v) is 1.72. The van der Waals surface area contributed by atoms with Crippen molar-refractivity contribution in [1.82, 2.24) is 9.97 Å². The highest BCUT2D eigenvalue weighted by atomic mass is 35.5. The Morgan fingerprint density at radius 2 is 1.94 bits per heavy atom. The zero-order chi connectivity index (χ0) is 13.1. The third-order valence-electron chi connectivity index (χ3n) is 2.65. The fraction of sp³-hybridized carbons (Fsp3) is 0.231. The number of rotatable bonds is 3. The molecule has 0 aliphatic heterocycles. The van der Waals surface area contributed by atoms with E-state index in [9.17, 15) is 0 Å². The standard InChI is InChI=1S/C13H15ClN4/c1-8-4-5-10(14)6-11(8)17-12-9(2)7-16-13(15-3)18-12/h4-7H,1-3H3,(H2,15,16,17,18). The molecule has 0 aliphatic carbocycles. The smallest absolute Gasteiger partial charge is 0.224 e. The summed E-state index contributed by atoms with van der Waals surface area (Å²) in [5, 5.41) is 6.90. The maximum Gasteiger partial charge on any atom is 0.224 e. The summed E-state index contributed by atoms with van der Waals surface area (Å²) in [4.78, 5) is 8.53. The van der Waals surface area contributed by atoms with Gasteiger partial charge in [0, 0.05) is 29.5 Å². The van der Waals surface area contributed by atoms with Gasteiger partial charge in [0.25, 0.3) is 0 Å². The summed E-state index contributed by atoms with van der Waals surface area (Å²) in [6, 6.07) is 5.73. The Bertz CT molecular complexity index is 569. The highest BCUT2D eigenvalue weighted by Crippen LogP contribution is 2.25. The van der Waals surface area contributed by atoms with Gasteiger partial charge in [0.15, 0.2) is 0 Å². The number of nitrogens with zero attached hydrogens (tertiary/aromatic N) is 2. The van der Waals surface area contributed by atoms with E-state index < -0.39 is 0 Å². The van der Waals surface area contributed by atoms with Crippen LogP contribution >= 0.6 is 11.6 Å². The molecule has 5 heteroatoms. The SMILES string of the molecule is CNc1ncc(C)c(Nc2cc(Cl)ccc2C)n1. The summed E-state index contributed by atoms with van der Waals surface area (Å²) in [6.07, 6.45) is 1.78. The van der Waals surface area contributed by atoms with Crippen molar-refractivity contribution in [3.05, 3.63) is 40.5 Å². The molecule has 4 nitrogen and oxygen atoms in total. The molecule has 0 saturated heterocycles. The van der Waals surface area contributed by atoms with Crippen LogP contribution in [0.25, 0.3) is 0 Å². The Hall–Kier alpha value is -1.81.